The van der Waals surface area contributed by atoms with Gasteiger partial charge in [-0.2, -0.15) is 16.4 Å². The molecule has 4 nitrogen and oxygen atoms in total. The molecule has 3 aromatic rings. The number of aromatic nitrogens is 3. The third-order valence-corrected chi connectivity index (χ3v) is 2.95. The molecule has 6 heteroatoms. The van der Waals surface area contributed by atoms with Crippen LogP contribution in [0.3, 0.4) is 0 Å². The third-order valence-electron chi connectivity index (χ3n) is 2.02. The summed E-state index contributed by atoms with van der Waals surface area (Å²) < 4.78 is 6.22. The summed E-state index contributed by atoms with van der Waals surface area (Å²) in [6.45, 7) is 1.98. The van der Waals surface area contributed by atoms with Crippen molar-refractivity contribution in [1.29, 1.82) is 0 Å². The molecule has 0 saturated carbocycles. The molecule has 0 atom stereocenters. The number of hydrogen-bond acceptors (Lipinski definition) is 5. The van der Waals surface area contributed by atoms with E-state index in [0.29, 0.717) is 5.89 Å². The van der Waals surface area contributed by atoms with Gasteiger partial charge in [-0.3, -0.25) is 4.98 Å². The van der Waals surface area contributed by atoms with E-state index in [1.54, 1.807) is 11.3 Å². The van der Waals surface area contributed by atoms with E-state index >= 15 is 0 Å². The standard InChI is InChI=1S/C10H6N3OS.Ir/c1-6-12-8-4-7(2-3-9(8)15-6)10-13-11-5-14-10;/h3-5H,1H3;/q-1;. The van der Waals surface area contributed by atoms with E-state index in [-0.39, 0.29) is 20.1 Å². The van der Waals surface area contributed by atoms with Crippen molar-refractivity contribution in [3.05, 3.63) is 29.6 Å². The average molecular weight is 408 g/mol. The Morgan fingerprint density at radius 3 is 3.06 bits per heavy atom. The van der Waals surface area contributed by atoms with Crippen LogP contribution in [-0.4, -0.2) is 15.2 Å². The largest absolute Gasteiger partial charge is 0.470 e. The Balaban J connectivity index is 0.000000963. The number of hydrogen-bond donors (Lipinski definition) is 0. The fourth-order valence-electron chi connectivity index (χ4n) is 1.40. The van der Waals surface area contributed by atoms with Gasteiger partial charge in [0.2, 0.25) is 0 Å². The Hall–Kier alpha value is -1.10. The first kappa shape index (κ1) is 11.4. The molecule has 0 amide bonds. The molecule has 0 fully saturated rings. The molecule has 1 radical (unpaired) electrons. The first-order valence-corrected chi connectivity index (χ1v) is 5.20. The first-order valence-electron chi connectivity index (χ1n) is 4.38. The predicted molar refractivity (Wildman–Crippen MR) is 56.5 cm³/mol. The van der Waals surface area contributed by atoms with Crippen LogP contribution in [0.2, 0.25) is 0 Å². The molecule has 3 rings (SSSR count). The number of fused-ring (bicyclic) bond motifs is 1. The topological polar surface area (TPSA) is 51.8 Å². The summed E-state index contributed by atoms with van der Waals surface area (Å²) in [4.78, 5) is 4.39. The second-order valence-corrected chi connectivity index (χ2v) is 4.31. The normalized spacial score (nSPS) is 10.3. The van der Waals surface area contributed by atoms with Gasteiger partial charge >= 0.3 is 0 Å². The van der Waals surface area contributed by atoms with Gasteiger partial charge in [0, 0.05) is 25.6 Å². The Kier molecular flexibility index (Phi) is 3.14. The van der Waals surface area contributed by atoms with Crippen LogP contribution in [0.1, 0.15) is 5.01 Å². The minimum absolute atomic E-state index is 0. The van der Waals surface area contributed by atoms with E-state index in [1.807, 2.05) is 19.1 Å². The minimum atomic E-state index is 0. The van der Waals surface area contributed by atoms with E-state index in [2.05, 4.69) is 21.2 Å². The van der Waals surface area contributed by atoms with Crippen molar-refractivity contribution >= 4 is 21.6 Å². The maximum absolute atomic E-state index is 5.10. The van der Waals surface area contributed by atoms with Crippen molar-refractivity contribution in [3.63, 3.8) is 0 Å². The van der Waals surface area contributed by atoms with E-state index in [4.69, 9.17) is 4.42 Å². The molecular weight excluding hydrogens is 402 g/mol. The summed E-state index contributed by atoms with van der Waals surface area (Å²) in [7, 11) is 0. The molecule has 0 spiro atoms. The number of aryl methyl sites for hydroxylation is 1. The molecule has 1 aromatic carbocycles. The van der Waals surface area contributed by atoms with Crippen LogP contribution >= 0.6 is 11.3 Å². The summed E-state index contributed by atoms with van der Waals surface area (Å²) in [6, 6.07) is 6.91. The molecule has 2 heterocycles. The molecule has 0 unspecified atom stereocenters. The van der Waals surface area contributed by atoms with Crippen LogP contribution in [0, 0.1) is 13.0 Å². The summed E-state index contributed by atoms with van der Waals surface area (Å²) in [5.41, 5.74) is 1.73. The zero-order valence-corrected chi connectivity index (χ0v) is 11.4. The minimum Gasteiger partial charge on any atom is -0.470 e. The fourth-order valence-corrected chi connectivity index (χ4v) is 2.19. The van der Waals surface area contributed by atoms with E-state index in [9.17, 15) is 0 Å². The molecule has 0 N–H and O–H groups in total. The predicted octanol–water partition coefficient (Wildman–Crippen LogP) is 2.45. The van der Waals surface area contributed by atoms with Crippen molar-refractivity contribution < 1.29 is 24.5 Å². The summed E-state index contributed by atoms with van der Waals surface area (Å²) in [5, 5.41) is 8.50. The van der Waals surface area contributed by atoms with Gasteiger partial charge in [-0.05, 0) is 11.6 Å². The van der Waals surface area contributed by atoms with Gasteiger partial charge in [0.15, 0.2) is 12.3 Å². The molecule has 16 heavy (non-hydrogen) atoms. The Labute approximate surface area is 109 Å². The maximum atomic E-state index is 5.10. The molecule has 0 aliphatic heterocycles. The number of thiazole rings is 1. The van der Waals surface area contributed by atoms with Crippen molar-refractivity contribution in [2.24, 2.45) is 0 Å². The van der Waals surface area contributed by atoms with Crippen LogP contribution < -0.4 is 0 Å². The first-order chi connectivity index (χ1) is 7.33. The zero-order chi connectivity index (χ0) is 10.3. The van der Waals surface area contributed by atoms with E-state index in [1.165, 1.54) is 6.39 Å². The third kappa shape index (κ3) is 1.91. The molecule has 83 valence electrons. The van der Waals surface area contributed by atoms with Gasteiger partial charge in [0.05, 0.1) is 5.01 Å². The summed E-state index contributed by atoms with van der Waals surface area (Å²) in [6.07, 6.45) is 1.31. The second-order valence-electron chi connectivity index (χ2n) is 3.07. The smallest absolute Gasteiger partial charge is 0.192 e. The number of benzene rings is 1. The Morgan fingerprint density at radius 2 is 2.31 bits per heavy atom. The van der Waals surface area contributed by atoms with Crippen LogP contribution in [0.25, 0.3) is 21.7 Å². The number of nitrogens with zero attached hydrogens (tertiary/aromatic N) is 3. The van der Waals surface area contributed by atoms with Gasteiger partial charge in [-0.25, -0.2) is 0 Å². The monoisotopic (exact) mass is 409 g/mol. The van der Waals surface area contributed by atoms with Gasteiger partial charge in [-0.15, -0.1) is 23.3 Å². The zero-order valence-electron chi connectivity index (χ0n) is 8.22. The summed E-state index contributed by atoms with van der Waals surface area (Å²) in [5.74, 6) is 0.475. The molecule has 0 aliphatic carbocycles. The number of rotatable bonds is 1. The summed E-state index contributed by atoms with van der Waals surface area (Å²) >= 11 is 1.65. The SMILES string of the molecule is Cc1nc2cc(-c3nnco3)[c-]cc2s1.[Ir]. The van der Waals surface area contributed by atoms with Crippen molar-refractivity contribution in [2.75, 3.05) is 0 Å². The van der Waals surface area contributed by atoms with Gasteiger partial charge < -0.3 is 4.42 Å². The second kappa shape index (κ2) is 4.41. The van der Waals surface area contributed by atoms with Crippen LogP contribution in [0.5, 0.6) is 0 Å². The molecule has 0 bridgehead atoms. The Bertz CT molecular complexity index is 606. The van der Waals surface area contributed by atoms with Gasteiger partial charge in [0.1, 0.15) is 0 Å². The van der Waals surface area contributed by atoms with Crippen LogP contribution in [0.4, 0.5) is 0 Å². The molecular formula is C10H6IrN3OS-. The maximum Gasteiger partial charge on any atom is 0.192 e. The van der Waals surface area contributed by atoms with Crippen LogP contribution in [0.15, 0.2) is 22.9 Å². The van der Waals surface area contributed by atoms with Gasteiger partial charge in [0.25, 0.3) is 0 Å². The molecule has 0 saturated heterocycles. The van der Waals surface area contributed by atoms with Crippen molar-refractivity contribution in [1.82, 2.24) is 15.2 Å². The molecule has 0 aliphatic rings. The quantitative estimate of drug-likeness (QED) is 0.581. The van der Waals surface area contributed by atoms with E-state index < -0.39 is 0 Å². The van der Waals surface area contributed by atoms with Gasteiger partial charge in [-0.1, -0.05) is 5.56 Å². The van der Waals surface area contributed by atoms with Crippen molar-refractivity contribution in [3.8, 4) is 11.5 Å². The van der Waals surface area contributed by atoms with E-state index in [0.717, 1.165) is 20.8 Å². The average Bonchev–Trinajstić information content (AvgIpc) is 2.82. The fraction of sp³-hybridized carbons (Fsp3) is 0.100. The Morgan fingerprint density at radius 1 is 1.44 bits per heavy atom. The van der Waals surface area contributed by atoms with Crippen molar-refractivity contribution in [2.45, 2.75) is 6.92 Å². The molecule has 2 aromatic heterocycles. The van der Waals surface area contributed by atoms with Crippen LogP contribution in [-0.2, 0) is 20.1 Å².